The molecule has 0 atom stereocenters. The maximum atomic E-state index is 13.1. The number of alkyl halides is 2. The van der Waals surface area contributed by atoms with Gasteiger partial charge in [0.2, 0.25) is 0 Å². The minimum Gasteiger partial charge on any atom is -0.477 e. The lowest BCUT2D eigenvalue weighted by Crippen LogP contribution is -2.33. The van der Waals surface area contributed by atoms with Crippen LogP contribution in [0.25, 0.3) is 0 Å². The zero-order valence-electron chi connectivity index (χ0n) is 13.6. The van der Waals surface area contributed by atoms with Crippen LogP contribution in [0.1, 0.15) is 16.1 Å². The highest BCUT2D eigenvalue weighted by atomic mass is 32.2. The number of carbonyl (C=O) groups is 2. The highest BCUT2D eigenvalue weighted by Gasteiger charge is 2.39. The average molecular weight is 396 g/mol. The second-order valence-electron chi connectivity index (χ2n) is 5.21. The molecule has 12 heteroatoms. The van der Waals surface area contributed by atoms with E-state index >= 15 is 0 Å². The van der Waals surface area contributed by atoms with Gasteiger partial charge in [0, 0.05) is 5.56 Å². The van der Waals surface area contributed by atoms with E-state index in [0.717, 1.165) is 18.0 Å². The Morgan fingerprint density at radius 2 is 1.93 bits per heavy atom. The average Bonchev–Trinajstić information content (AvgIpc) is 3.08. The number of aliphatic carboxylic acids is 1. The molecule has 0 bridgehead atoms. The number of nitrogens with one attached hydrogen (secondary N) is 3. The predicted molar refractivity (Wildman–Crippen MR) is 93.5 cm³/mol. The first-order valence-corrected chi connectivity index (χ1v) is 8.19. The van der Waals surface area contributed by atoms with Crippen LogP contribution in [0.4, 0.5) is 8.78 Å². The second kappa shape index (κ2) is 8.49. The van der Waals surface area contributed by atoms with Gasteiger partial charge in [-0.15, -0.1) is 5.10 Å². The van der Waals surface area contributed by atoms with Gasteiger partial charge in [-0.05, 0) is 0 Å². The summed E-state index contributed by atoms with van der Waals surface area (Å²) >= 11 is 0.852. The molecule has 9 nitrogen and oxygen atoms in total. The summed E-state index contributed by atoms with van der Waals surface area (Å²) < 4.78 is 26.8. The zero-order valence-corrected chi connectivity index (χ0v) is 14.5. The van der Waals surface area contributed by atoms with Crippen LogP contribution in [-0.2, 0) is 11.3 Å². The molecule has 0 unspecified atom stereocenters. The Hall–Kier alpha value is -3.15. The normalized spacial score (nSPS) is 11.0. The number of rotatable bonds is 7. The fraction of sp³-hybridized carbons (Fsp3) is 0.200. The number of thioether (sulfide) groups is 1. The van der Waals surface area contributed by atoms with Gasteiger partial charge in [0.05, 0.1) is 17.8 Å². The molecule has 0 fully saturated rings. The van der Waals surface area contributed by atoms with Crippen molar-refractivity contribution >= 4 is 33.7 Å². The van der Waals surface area contributed by atoms with Crippen molar-refractivity contribution in [1.29, 1.82) is 10.8 Å². The van der Waals surface area contributed by atoms with Crippen molar-refractivity contribution in [2.24, 2.45) is 0 Å². The number of nitrogens with zero attached hydrogens (tertiary/aromatic N) is 3. The van der Waals surface area contributed by atoms with Gasteiger partial charge in [-0.3, -0.25) is 15.6 Å². The third-order valence-corrected chi connectivity index (χ3v) is 3.95. The van der Waals surface area contributed by atoms with E-state index in [1.54, 1.807) is 30.3 Å². The number of carbonyl (C=O) groups excluding carboxylic acids is 1. The monoisotopic (exact) mass is 396 g/mol. The summed E-state index contributed by atoms with van der Waals surface area (Å²) in [5, 5.41) is 33.2. The lowest BCUT2D eigenvalue weighted by molar-refractivity contribution is -0.167. The molecule has 1 aromatic carbocycles. The molecule has 1 amide bonds. The van der Waals surface area contributed by atoms with Gasteiger partial charge in [0.25, 0.3) is 5.91 Å². The molecule has 0 aliphatic rings. The van der Waals surface area contributed by atoms with Crippen molar-refractivity contribution in [1.82, 2.24) is 20.3 Å². The number of halogens is 2. The summed E-state index contributed by atoms with van der Waals surface area (Å²) in [7, 11) is 0. The van der Waals surface area contributed by atoms with E-state index in [-0.39, 0.29) is 22.3 Å². The molecule has 27 heavy (non-hydrogen) atoms. The second-order valence-corrected chi connectivity index (χ2v) is 6.32. The van der Waals surface area contributed by atoms with E-state index < -0.39 is 24.3 Å². The first kappa shape index (κ1) is 20.2. The summed E-state index contributed by atoms with van der Waals surface area (Å²) in [6, 6.07) is 8.74. The molecule has 142 valence electrons. The van der Waals surface area contributed by atoms with Gasteiger partial charge in [0.1, 0.15) is 11.6 Å². The van der Waals surface area contributed by atoms with Crippen LogP contribution in [0.2, 0.25) is 0 Å². The quantitative estimate of drug-likeness (QED) is 0.412. The van der Waals surface area contributed by atoms with E-state index in [2.05, 4.69) is 15.6 Å². The Balaban J connectivity index is 1.86. The van der Waals surface area contributed by atoms with Crippen LogP contribution in [-0.4, -0.2) is 54.5 Å². The fourth-order valence-corrected chi connectivity index (χ4v) is 2.45. The molecule has 0 aliphatic carbocycles. The molecule has 2 aromatic rings. The Morgan fingerprint density at radius 3 is 2.56 bits per heavy atom. The summed E-state index contributed by atoms with van der Waals surface area (Å²) in [4.78, 5) is 22.3. The van der Waals surface area contributed by atoms with Crippen LogP contribution in [0.15, 0.2) is 36.5 Å². The number of amides is 1. The molecular weight excluding hydrogens is 382 g/mol. The molecule has 1 aromatic heterocycles. The molecule has 0 aliphatic heterocycles. The zero-order chi connectivity index (χ0) is 20.0. The Kier molecular flexibility index (Phi) is 6.34. The SMILES string of the molecule is N=C(CNC(=O)c1cn(CC(F)(F)C(=O)O)nn1)SC(=N)c1ccccc1. The summed E-state index contributed by atoms with van der Waals surface area (Å²) in [5.74, 6) is -7.12. The van der Waals surface area contributed by atoms with Crippen molar-refractivity contribution in [2.75, 3.05) is 6.54 Å². The minimum atomic E-state index is -4.04. The van der Waals surface area contributed by atoms with Gasteiger partial charge in [-0.2, -0.15) is 8.78 Å². The maximum Gasteiger partial charge on any atom is 0.376 e. The molecule has 4 N–H and O–H groups in total. The molecule has 0 spiro atoms. The van der Waals surface area contributed by atoms with Gasteiger partial charge in [0.15, 0.2) is 5.69 Å². The van der Waals surface area contributed by atoms with Crippen molar-refractivity contribution in [3.63, 3.8) is 0 Å². The minimum absolute atomic E-state index is 0.0120. The number of benzene rings is 1. The number of hydrogen-bond donors (Lipinski definition) is 4. The molecule has 2 rings (SSSR count). The molecule has 0 saturated heterocycles. The maximum absolute atomic E-state index is 13.1. The van der Waals surface area contributed by atoms with E-state index in [0.29, 0.717) is 10.2 Å². The van der Waals surface area contributed by atoms with E-state index in [1.165, 1.54) is 0 Å². The van der Waals surface area contributed by atoms with Gasteiger partial charge in [-0.25, -0.2) is 9.48 Å². The van der Waals surface area contributed by atoms with Crippen LogP contribution in [0.5, 0.6) is 0 Å². The number of aromatic nitrogens is 3. The smallest absolute Gasteiger partial charge is 0.376 e. The summed E-state index contributed by atoms with van der Waals surface area (Å²) in [5.41, 5.74) is 0.327. The van der Waals surface area contributed by atoms with Crippen LogP contribution in [0, 0.1) is 10.8 Å². The van der Waals surface area contributed by atoms with Crippen LogP contribution in [0.3, 0.4) is 0 Å². The molecule has 0 radical (unpaired) electrons. The van der Waals surface area contributed by atoms with Crippen molar-refractivity contribution in [3.8, 4) is 0 Å². The van der Waals surface area contributed by atoms with Crippen LogP contribution < -0.4 is 5.32 Å². The van der Waals surface area contributed by atoms with E-state index in [1.807, 2.05) is 0 Å². The summed E-state index contributed by atoms with van der Waals surface area (Å²) in [6.07, 6.45) is 0.884. The number of carboxylic acid groups (broad SMARTS) is 1. The standard InChI is InChI=1S/C15H14F2N6O3S/c16-15(17,14(25)26)8-23-7-10(21-22-23)13(24)20-6-11(18)27-12(19)9-4-2-1-3-5-9/h1-5,7,18-19H,6,8H2,(H,20,24)(H,25,26). The van der Waals surface area contributed by atoms with Gasteiger partial charge >= 0.3 is 11.9 Å². The van der Waals surface area contributed by atoms with E-state index in [9.17, 15) is 18.4 Å². The first-order chi connectivity index (χ1) is 12.7. The number of hydrogen-bond acceptors (Lipinski definition) is 7. The van der Waals surface area contributed by atoms with Crippen LogP contribution >= 0.6 is 11.8 Å². The molecular formula is C15H14F2N6O3S. The fourth-order valence-electron chi connectivity index (χ4n) is 1.81. The van der Waals surface area contributed by atoms with Crippen molar-refractivity contribution in [3.05, 3.63) is 47.8 Å². The first-order valence-electron chi connectivity index (χ1n) is 7.38. The molecule has 1 heterocycles. The Bertz CT molecular complexity index is 871. The third kappa shape index (κ3) is 5.67. The Labute approximate surface area is 155 Å². The lowest BCUT2D eigenvalue weighted by atomic mass is 10.2. The van der Waals surface area contributed by atoms with Crippen molar-refractivity contribution < 1.29 is 23.5 Å². The highest BCUT2D eigenvalue weighted by molar-refractivity contribution is 8.26. The topological polar surface area (TPSA) is 145 Å². The van der Waals surface area contributed by atoms with Gasteiger partial charge in [-0.1, -0.05) is 47.3 Å². The third-order valence-electron chi connectivity index (χ3n) is 3.12. The molecule has 0 saturated carbocycles. The highest BCUT2D eigenvalue weighted by Crippen LogP contribution is 2.16. The van der Waals surface area contributed by atoms with Gasteiger partial charge < -0.3 is 10.4 Å². The predicted octanol–water partition coefficient (Wildman–Crippen LogP) is 1.46. The number of carboxylic acids is 1. The Morgan fingerprint density at radius 1 is 1.26 bits per heavy atom. The summed E-state index contributed by atoms with van der Waals surface area (Å²) in [6.45, 7) is -1.46. The lowest BCUT2D eigenvalue weighted by Gasteiger charge is -2.09. The largest absolute Gasteiger partial charge is 0.477 e. The van der Waals surface area contributed by atoms with Crippen molar-refractivity contribution in [2.45, 2.75) is 12.5 Å². The van der Waals surface area contributed by atoms with E-state index in [4.69, 9.17) is 15.9 Å².